The molecule has 6 heteroatoms. The Balaban J connectivity index is 2.49. The lowest BCUT2D eigenvalue weighted by Gasteiger charge is -2.22. The van der Waals surface area contributed by atoms with Crippen LogP contribution < -0.4 is 0 Å². The van der Waals surface area contributed by atoms with Gasteiger partial charge < -0.3 is 10.0 Å². The van der Waals surface area contributed by atoms with Gasteiger partial charge in [-0.1, -0.05) is 0 Å². The molecule has 0 aliphatic carbocycles. The number of likely N-dealkylation sites (tertiary alicyclic amines) is 1. The van der Waals surface area contributed by atoms with Gasteiger partial charge in [0.15, 0.2) is 6.29 Å². The largest absolute Gasteiger partial charge is 0.478 e. The normalized spacial score (nSPS) is 20.9. The highest BCUT2D eigenvalue weighted by Crippen LogP contribution is 2.14. The van der Waals surface area contributed by atoms with Crippen LogP contribution in [-0.2, 0) is 9.59 Å². The standard InChI is InChI=1S/C13H19FN2O3/c1-15(6-2-3-11(10-17)13(18)19)12-4-7-16(9-12)8-5-14/h2-3,6,10,12H,4-5,7-9H2,1H3,(H,18,19)/b6-2-,11-3+. The zero-order valence-corrected chi connectivity index (χ0v) is 11.0. The van der Waals surface area contributed by atoms with E-state index in [2.05, 4.69) is 4.90 Å². The Hall–Kier alpha value is -1.69. The highest BCUT2D eigenvalue weighted by Gasteiger charge is 2.23. The molecule has 1 unspecified atom stereocenters. The lowest BCUT2D eigenvalue weighted by atomic mass is 10.2. The van der Waals surface area contributed by atoms with Crippen molar-refractivity contribution in [2.45, 2.75) is 12.5 Å². The summed E-state index contributed by atoms with van der Waals surface area (Å²) in [6.07, 6.45) is 5.79. The van der Waals surface area contributed by atoms with E-state index >= 15 is 0 Å². The number of carbonyl (C=O) groups is 2. The van der Waals surface area contributed by atoms with E-state index in [0.717, 1.165) is 19.5 Å². The Bertz CT molecular complexity index is 382. The predicted molar refractivity (Wildman–Crippen MR) is 69.5 cm³/mol. The van der Waals surface area contributed by atoms with E-state index < -0.39 is 5.97 Å². The third-order valence-corrected chi connectivity index (χ3v) is 3.20. The van der Waals surface area contributed by atoms with Gasteiger partial charge in [0.25, 0.3) is 0 Å². The fourth-order valence-corrected chi connectivity index (χ4v) is 2.03. The Morgan fingerprint density at radius 2 is 2.32 bits per heavy atom. The molecule has 0 bridgehead atoms. The second kappa shape index (κ2) is 7.68. The number of aldehydes is 1. The number of halogens is 1. The minimum Gasteiger partial charge on any atom is -0.478 e. The summed E-state index contributed by atoms with van der Waals surface area (Å²) >= 11 is 0. The summed E-state index contributed by atoms with van der Waals surface area (Å²) in [6.45, 7) is 1.80. The summed E-state index contributed by atoms with van der Waals surface area (Å²) in [4.78, 5) is 25.1. The average molecular weight is 270 g/mol. The highest BCUT2D eigenvalue weighted by atomic mass is 19.1. The van der Waals surface area contributed by atoms with Gasteiger partial charge in [0, 0.05) is 32.7 Å². The third-order valence-electron chi connectivity index (χ3n) is 3.20. The van der Waals surface area contributed by atoms with Gasteiger partial charge in [-0.05, 0) is 24.8 Å². The maximum atomic E-state index is 12.2. The number of allylic oxidation sites excluding steroid dienone is 2. The van der Waals surface area contributed by atoms with Gasteiger partial charge in [0.05, 0.1) is 5.57 Å². The van der Waals surface area contributed by atoms with Crippen molar-refractivity contribution in [3.63, 3.8) is 0 Å². The Morgan fingerprint density at radius 1 is 1.58 bits per heavy atom. The fourth-order valence-electron chi connectivity index (χ4n) is 2.03. The number of carboxylic acid groups (broad SMARTS) is 1. The zero-order chi connectivity index (χ0) is 14.3. The summed E-state index contributed by atoms with van der Waals surface area (Å²) in [5.74, 6) is -1.24. The topological polar surface area (TPSA) is 60.9 Å². The van der Waals surface area contributed by atoms with Crippen molar-refractivity contribution in [1.82, 2.24) is 9.80 Å². The average Bonchev–Trinajstić information content (AvgIpc) is 2.83. The van der Waals surface area contributed by atoms with E-state index in [9.17, 15) is 14.0 Å². The first-order valence-corrected chi connectivity index (χ1v) is 6.15. The van der Waals surface area contributed by atoms with Crippen LogP contribution in [0.5, 0.6) is 0 Å². The zero-order valence-electron chi connectivity index (χ0n) is 11.0. The first-order valence-electron chi connectivity index (χ1n) is 6.15. The minimum atomic E-state index is -1.24. The van der Waals surface area contributed by atoms with Crippen LogP contribution in [-0.4, -0.2) is 66.6 Å². The molecule has 106 valence electrons. The molecule has 1 atom stereocenters. The molecule has 1 heterocycles. The molecule has 5 nitrogen and oxygen atoms in total. The molecule has 0 radical (unpaired) electrons. The number of carbonyl (C=O) groups excluding carboxylic acids is 1. The van der Waals surface area contributed by atoms with Gasteiger partial charge in [-0.2, -0.15) is 0 Å². The van der Waals surface area contributed by atoms with Crippen LogP contribution in [0.2, 0.25) is 0 Å². The second-order valence-corrected chi connectivity index (χ2v) is 4.48. The first kappa shape index (κ1) is 15.4. The molecular weight excluding hydrogens is 251 g/mol. The molecule has 1 N–H and O–H groups in total. The monoisotopic (exact) mass is 270 g/mol. The Kier molecular flexibility index (Phi) is 6.21. The summed E-state index contributed by atoms with van der Waals surface area (Å²) in [5, 5.41) is 8.65. The molecular formula is C13H19FN2O3. The lowest BCUT2D eigenvalue weighted by Crippen LogP contribution is -2.31. The van der Waals surface area contributed by atoms with Gasteiger partial charge in [-0.15, -0.1) is 0 Å². The van der Waals surface area contributed by atoms with E-state index in [-0.39, 0.29) is 12.2 Å². The molecule has 1 aliphatic rings. The Labute approximate surface area is 112 Å². The summed E-state index contributed by atoms with van der Waals surface area (Å²) < 4.78 is 12.2. The number of hydrogen-bond acceptors (Lipinski definition) is 4. The van der Waals surface area contributed by atoms with Crippen LogP contribution in [0.25, 0.3) is 0 Å². The van der Waals surface area contributed by atoms with Crippen LogP contribution in [0.15, 0.2) is 23.9 Å². The molecule has 1 saturated heterocycles. The van der Waals surface area contributed by atoms with Crippen LogP contribution in [0.4, 0.5) is 4.39 Å². The lowest BCUT2D eigenvalue weighted by molar-refractivity contribution is -0.133. The van der Waals surface area contributed by atoms with Gasteiger partial charge >= 0.3 is 5.97 Å². The quantitative estimate of drug-likeness (QED) is 0.242. The molecule has 0 spiro atoms. The van der Waals surface area contributed by atoms with E-state index in [1.165, 1.54) is 12.2 Å². The molecule has 0 aromatic carbocycles. The van der Waals surface area contributed by atoms with Crippen molar-refractivity contribution in [1.29, 1.82) is 0 Å². The van der Waals surface area contributed by atoms with Crippen LogP contribution in [0.3, 0.4) is 0 Å². The van der Waals surface area contributed by atoms with Crippen LogP contribution >= 0.6 is 0 Å². The molecule has 0 amide bonds. The number of likely N-dealkylation sites (N-methyl/N-ethyl adjacent to an activating group) is 1. The maximum absolute atomic E-state index is 12.2. The van der Waals surface area contributed by atoms with Crippen LogP contribution in [0, 0.1) is 0 Å². The number of aliphatic carboxylic acids is 1. The molecule has 0 saturated carbocycles. The van der Waals surface area contributed by atoms with Crippen molar-refractivity contribution in [3.8, 4) is 0 Å². The van der Waals surface area contributed by atoms with Crippen molar-refractivity contribution in [3.05, 3.63) is 23.9 Å². The number of rotatable bonds is 7. The van der Waals surface area contributed by atoms with E-state index in [1.54, 1.807) is 6.20 Å². The first-order chi connectivity index (χ1) is 9.08. The van der Waals surface area contributed by atoms with Gasteiger partial charge in [-0.3, -0.25) is 9.69 Å². The van der Waals surface area contributed by atoms with Gasteiger partial charge in [-0.25, -0.2) is 9.18 Å². The SMILES string of the molecule is CN(/C=C\C=C(/C=O)C(=O)O)C1CCN(CCF)C1. The maximum Gasteiger partial charge on any atom is 0.339 e. The molecule has 0 aromatic heterocycles. The van der Waals surface area contributed by atoms with E-state index in [1.807, 2.05) is 11.9 Å². The second-order valence-electron chi connectivity index (χ2n) is 4.48. The van der Waals surface area contributed by atoms with Crippen molar-refractivity contribution in [2.24, 2.45) is 0 Å². The smallest absolute Gasteiger partial charge is 0.339 e. The molecule has 19 heavy (non-hydrogen) atoms. The summed E-state index contributed by atoms with van der Waals surface area (Å²) in [7, 11) is 1.88. The minimum absolute atomic E-state index is 0.282. The molecule has 1 fully saturated rings. The highest BCUT2D eigenvalue weighted by molar-refractivity contribution is 6.06. The van der Waals surface area contributed by atoms with E-state index in [4.69, 9.17) is 5.11 Å². The van der Waals surface area contributed by atoms with Crippen LogP contribution in [0.1, 0.15) is 6.42 Å². The van der Waals surface area contributed by atoms with Crippen molar-refractivity contribution >= 4 is 12.3 Å². The van der Waals surface area contributed by atoms with Gasteiger partial charge in [0.1, 0.15) is 6.67 Å². The summed E-state index contributed by atoms with van der Waals surface area (Å²) in [5.41, 5.74) is -0.282. The number of nitrogens with zero attached hydrogens (tertiary/aromatic N) is 2. The van der Waals surface area contributed by atoms with Crippen molar-refractivity contribution in [2.75, 3.05) is 33.4 Å². The van der Waals surface area contributed by atoms with Crippen molar-refractivity contribution < 1.29 is 19.1 Å². The van der Waals surface area contributed by atoms with E-state index in [0.29, 0.717) is 18.9 Å². The number of hydrogen-bond donors (Lipinski definition) is 1. The predicted octanol–water partition coefficient (Wildman–Crippen LogP) is 0.686. The number of alkyl halides is 1. The summed E-state index contributed by atoms with van der Waals surface area (Å²) in [6, 6.07) is 0.292. The van der Waals surface area contributed by atoms with Gasteiger partial charge in [0.2, 0.25) is 0 Å². The molecule has 0 aromatic rings. The fraction of sp³-hybridized carbons (Fsp3) is 0.538. The molecule has 1 aliphatic heterocycles. The number of carboxylic acids is 1. The molecule has 1 rings (SSSR count). The Morgan fingerprint density at radius 3 is 2.89 bits per heavy atom. The third kappa shape index (κ3) is 4.82.